The molecule has 0 spiro atoms. The van der Waals surface area contributed by atoms with E-state index in [2.05, 4.69) is 35.9 Å². The molecule has 1 unspecified atom stereocenters. The van der Waals surface area contributed by atoms with Crippen LogP contribution in [-0.4, -0.2) is 41.8 Å². The van der Waals surface area contributed by atoms with Gasteiger partial charge in [-0.15, -0.1) is 0 Å². The summed E-state index contributed by atoms with van der Waals surface area (Å²) in [5.74, 6) is -0.222. The van der Waals surface area contributed by atoms with Gasteiger partial charge in [-0.1, -0.05) is 0 Å². The first-order valence-electron chi connectivity index (χ1n) is 9.15. The van der Waals surface area contributed by atoms with Crippen LogP contribution in [0.2, 0.25) is 0 Å². The highest BCUT2D eigenvalue weighted by molar-refractivity contribution is 5.58. The SMILES string of the molecule is CNc1nc(Nc2cnn([C@@H]3CCC(n4nccn4)C3)c2C)ncc1C(F)(F)F. The van der Waals surface area contributed by atoms with Crippen LogP contribution in [0.25, 0.3) is 0 Å². The minimum Gasteiger partial charge on any atom is -0.372 e. The molecule has 2 atom stereocenters. The van der Waals surface area contributed by atoms with Crippen molar-refractivity contribution in [2.45, 2.75) is 44.4 Å². The second kappa shape index (κ2) is 7.33. The van der Waals surface area contributed by atoms with E-state index < -0.39 is 11.7 Å². The highest BCUT2D eigenvalue weighted by Gasteiger charge is 2.35. The smallest absolute Gasteiger partial charge is 0.372 e. The highest BCUT2D eigenvalue weighted by atomic mass is 19.4. The Labute approximate surface area is 164 Å². The Balaban J connectivity index is 1.51. The fraction of sp³-hybridized carbons (Fsp3) is 0.471. The van der Waals surface area contributed by atoms with Crippen molar-refractivity contribution in [3.63, 3.8) is 0 Å². The van der Waals surface area contributed by atoms with Crippen molar-refractivity contribution in [1.29, 1.82) is 0 Å². The van der Waals surface area contributed by atoms with Crippen molar-refractivity contribution in [3.8, 4) is 0 Å². The molecule has 3 aromatic rings. The molecule has 4 rings (SSSR count). The van der Waals surface area contributed by atoms with Crippen molar-refractivity contribution in [3.05, 3.63) is 36.0 Å². The first-order chi connectivity index (χ1) is 13.9. The lowest BCUT2D eigenvalue weighted by Gasteiger charge is -2.15. The molecule has 3 heterocycles. The lowest BCUT2D eigenvalue weighted by atomic mass is 10.2. The van der Waals surface area contributed by atoms with Crippen LogP contribution in [0.1, 0.15) is 42.6 Å². The van der Waals surface area contributed by atoms with Crippen LogP contribution in [0.15, 0.2) is 24.8 Å². The number of nitrogens with zero attached hydrogens (tertiary/aromatic N) is 7. The first kappa shape index (κ1) is 19.2. The third-order valence-electron chi connectivity index (χ3n) is 5.11. The maximum atomic E-state index is 13.0. The van der Waals surface area contributed by atoms with Crippen molar-refractivity contribution < 1.29 is 13.2 Å². The van der Waals surface area contributed by atoms with Gasteiger partial charge in [0.1, 0.15) is 11.4 Å². The summed E-state index contributed by atoms with van der Waals surface area (Å²) in [5.41, 5.74) is 0.591. The van der Waals surface area contributed by atoms with Gasteiger partial charge in [-0.25, -0.2) is 4.98 Å². The summed E-state index contributed by atoms with van der Waals surface area (Å²) in [6, 6.07) is 0.425. The van der Waals surface area contributed by atoms with E-state index in [1.807, 2.05) is 11.6 Å². The number of hydrogen-bond acceptors (Lipinski definition) is 7. The molecule has 0 aliphatic heterocycles. The number of alkyl halides is 3. The van der Waals surface area contributed by atoms with E-state index in [9.17, 15) is 13.2 Å². The molecule has 29 heavy (non-hydrogen) atoms. The van der Waals surface area contributed by atoms with Crippen molar-refractivity contribution in [1.82, 2.24) is 34.7 Å². The normalized spacial score (nSPS) is 19.5. The molecule has 12 heteroatoms. The second-order valence-corrected chi connectivity index (χ2v) is 6.89. The van der Waals surface area contributed by atoms with Gasteiger partial charge in [0.15, 0.2) is 0 Å². The average molecular weight is 407 g/mol. The summed E-state index contributed by atoms with van der Waals surface area (Å²) >= 11 is 0. The Morgan fingerprint density at radius 1 is 1.07 bits per heavy atom. The third-order valence-corrected chi connectivity index (χ3v) is 5.11. The number of halogens is 3. The lowest BCUT2D eigenvalue weighted by molar-refractivity contribution is -0.137. The number of anilines is 3. The molecule has 0 bridgehead atoms. The van der Waals surface area contributed by atoms with Crippen LogP contribution in [0.5, 0.6) is 0 Å². The summed E-state index contributed by atoms with van der Waals surface area (Å²) in [6.45, 7) is 1.90. The summed E-state index contributed by atoms with van der Waals surface area (Å²) in [5, 5.41) is 18.3. The number of aromatic nitrogens is 7. The van der Waals surface area contributed by atoms with Gasteiger partial charge in [0.05, 0.1) is 42.1 Å². The lowest BCUT2D eigenvalue weighted by Crippen LogP contribution is -2.13. The minimum absolute atomic E-state index is 0.0649. The Morgan fingerprint density at radius 2 is 1.79 bits per heavy atom. The molecule has 9 nitrogen and oxygen atoms in total. The molecule has 3 aromatic heterocycles. The molecule has 0 radical (unpaired) electrons. The first-order valence-corrected chi connectivity index (χ1v) is 9.15. The Kier molecular flexibility index (Phi) is 4.84. The maximum Gasteiger partial charge on any atom is 0.421 e. The number of nitrogens with one attached hydrogen (secondary N) is 2. The van der Waals surface area contributed by atoms with Crippen LogP contribution in [0, 0.1) is 6.92 Å². The molecular formula is C17H20F3N9. The summed E-state index contributed by atoms with van der Waals surface area (Å²) in [7, 11) is 1.38. The summed E-state index contributed by atoms with van der Waals surface area (Å²) in [6.07, 6.45) is 3.95. The molecule has 2 N–H and O–H groups in total. The van der Waals surface area contributed by atoms with Gasteiger partial charge >= 0.3 is 6.18 Å². The molecule has 0 aromatic carbocycles. The van der Waals surface area contributed by atoms with E-state index in [0.717, 1.165) is 31.2 Å². The van der Waals surface area contributed by atoms with Crippen LogP contribution >= 0.6 is 0 Å². The molecule has 1 aliphatic rings. The van der Waals surface area contributed by atoms with E-state index in [-0.39, 0.29) is 23.8 Å². The van der Waals surface area contributed by atoms with Crippen LogP contribution < -0.4 is 10.6 Å². The van der Waals surface area contributed by atoms with Crippen molar-refractivity contribution in [2.75, 3.05) is 17.7 Å². The zero-order valence-corrected chi connectivity index (χ0v) is 15.8. The van der Waals surface area contributed by atoms with E-state index in [4.69, 9.17) is 0 Å². The van der Waals surface area contributed by atoms with Crippen molar-refractivity contribution >= 4 is 17.5 Å². The van der Waals surface area contributed by atoms with Gasteiger partial charge in [0, 0.05) is 13.2 Å². The largest absolute Gasteiger partial charge is 0.421 e. The fourth-order valence-electron chi connectivity index (χ4n) is 3.66. The molecular weight excluding hydrogens is 387 g/mol. The maximum absolute atomic E-state index is 13.0. The predicted molar refractivity (Wildman–Crippen MR) is 98.8 cm³/mol. The Bertz CT molecular complexity index is 981. The van der Waals surface area contributed by atoms with E-state index in [1.165, 1.54) is 7.05 Å². The molecule has 0 saturated heterocycles. The topological polar surface area (TPSA) is 98.4 Å². The Morgan fingerprint density at radius 3 is 2.48 bits per heavy atom. The highest BCUT2D eigenvalue weighted by Crippen LogP contribution is 2.38. The van der Waals surface area contributed by atoms with Crippen LogP contribution in [0.3, 0.4) is 0 Å². The average Bonchev–Trinajstić information content (AvgIpc) is 3.42. The van der Waals surface area contributed by atoms with Gasteiger partial charge in [-0.2, -0.15) is 38.2 Å². The molecule has 154 valence electrons. The summed E-state index contributed by atoms with van der Waals surface area (Å²) in [4.78, 5) is 9.47. The van der Waals surface area contributed by atoms with Gasteiger partial charge in [0.2, 0.25) is 5.95 Å². The van der Waals surface area contributed by atoms with E-state index >= 15 is 0 Å². The number of rotatable bonds is 5. The summed E-state index contributed by atoms with van der Waals surface area (Å²) < 4.78 is 40.9. The Hall–Kier alpha value is -3.18. The van der Waals surface area contributed by atoms with Crippen molar-refractivity contribution in [2.24, 2.45) is 0 Å². The predicted octanol–water partition coefficient (Wildman–Crippen LogP) is 3.34. The fourth-order valence-corrected chi connectivity index (χ4v) is 3.66. The second-order valence-electron chi connectivity index (χ2n) is 6.89. The van der Waals surface area contributed by atoms with Crippen LogP contribution in [0.4, 0.5) is 30.6 Å². The van der Waals surface area contributed by atoms with Gasteiger partial charge in [0.25, 0.3) is 0 Å². The van der Waals surface area contributed by atoms with Gasteiger partial charge < -0.3 is 10.6 Å². The standard InChI is InChI=1S/C17H20F3N9/c1-10-14(26-16-22-8-13(17(18,19)20)15(21-2)27-16)9-25-28(10)11-3-4-12(7-11)29-23-5-6-24-29/h5-6,8-9,11-12H,3-4,7H2,1-2H3,(H2,21,22,26,27)/t11-,12?/m1/s1. The molecule has 1 aliphatic carbocycles. The molecule has 1 fully saturated rings. The molecule has 0 amide bonds. The number of hydrogen-bond donors (Lipinski definition) is 2. The zero-order valence-electron chi connectivity index (χ0n) is 15.8. The van der Waals surface area contributed by atoms with Gasteiger partial charge in [-0.3, -0.25) is 4.68 Å². The van der Waals surface area contributed by atoms with E-state index in [1.54, 1.807) is 23.4 Å². The van der Waals surface area contributed by atoms with Gasteiger partial charge in [-0.05, 0) is 26.2 Å². The van der Waals surface area contributed by atoms with Crippen LogP contribution in [-0.2, 0) is 6.18 Å². The van der Waals surface area contributed by atoms with E-state index in [0.29, 0.717) is 5.69 Å². The quantitative estimate of drug-likeness (QED) is 0.669. The molecule has 1 saturated carbocycles. The minimum atomic E-state index is -4.53. The third kappa shape index (κ3) is 3.74. The monoisotopic (exact) mass is 407 g/mol. The zero-order chi connectivity index (χ0) is 20.6.